The molecule has 0 aromatic carbocycles. The minimum absolute atomic E-state index is 0.0930. The fourth-order valence-electron chi connectivity index (χ4n) is 2.72. The van der Waals surface area contributed by atoms with E-state index < -0.39 is 0 Å². The molecule has 1 aliphatic carbocycles. The van der Waals surface area contributed by atoms with E-state index in [1.807, 2.05) is 6.92 Å². The summed E-state index contributed by atoms with van der Waals surface area (Å²) in [5.41, 5.74) is 0. The zero-order chi connectivity index (χ0) is 14.3. The predicted octanol–water partition coefficient (Wildman–Crippen LogP) is 1.82. The molecule has 0 radical (unpaired) electrons. The van der Waals surface area contributed by atoms with Crippen LogP contribution < -0.4 is 10.6 Å². The minimum atomic E-state index is -0.194. The SMILES string of the molecule is CC(NC(CCO)C(C)C)C(=O)NC1CCCCC1. The second kappa shape index (κ2) is 8.54. The Labute approximate surface area is 117 Å². The van der Waals surface area contributed by atoms with E-state index in [-0.39, 0.29) is 24.6 Å². The smallest absolute Gasteiger partial charge is 0.237 e. The Morgan fingerprint density at radius 1 is 1.21 bits per heavy atom. The number of aliphatic hydroxyl groups is 1. The van der Waals surface area contributed by atoms with Gasteiger partial charge in [0.2, 0.25) is 5.91 Å². The largest absolute Gasteiger partial charge is 0.396 e. The molecule has 0 heterocycles. The molecular formula is C15H30N2O2. The van der Waals surface area contributed by atoms with Gasteiger partial charge >= 0.3 is 0 Å². The van der Waals surface area contributed by atoms with Crippen LogP contribution in [0.1, 0.15) is 59.3 Å². The first-order valence-electron chi connectivity index (χ1n) is 7.72. The lowest BCUT2D eigenvalue weighted by molar-refractivity contribution is -0.124. The third-order valence-electron chi connectivity index (χ3n) is 4.05. The monoisotopic (exact) mass is 270 g/mol. The molecule has 1 rings (SSSR count). The molecule has 0 aromatic rings. The van der Waals surface area contributed by atoms with E-state index in [1.54, 1.807) is 0 Å². The van der Waals surface area contributed by atoms with Gasteiger partial charge in [0.1, 0.15) is 0 Å². The molecule has 1 fully saturated rings. The molecule has 0 spiro atoms. The molecule has 1 amide bonds. The van der Waals surface area contributed by atoms with Crippen molar-refractivity contribution in [3.05, 3.63) is 0 Å². The highest BCUT2D eigenvalue weighted by Gasteiger charge is 2.22. The van der Waals surface area contributed by atoms with Gasteiger partial charge in [0, 0.05) is 18.7 Å². The summed E-state index contributed by atoms with van der Waals surface area (Å²) in [5, 5.41) is 15.5. The topological polar surface area (TPSA) is 61.4 Å². The highest BCUT2D eigenvalue weighted by molar-refractivity contribution is 5.81. The Balaban J connectivity index is 2.37. The molecule has 0 aromatic heterocycles. The Morgan fingerprint density at radius 3 is 2.37 bits per heavy atom. The van der Waals surface area contributed by atoms with Crippen molar-refractivity contribution in [2.45, 2.75) is 77.4 Å². The zero-order valence-electron chi connectivity index (χ0n) is 12.6. The van der Waals surface area contributed by atoms with E-state index in [0.717, 1.165) is 12.8 Å². The zero-order valence-corrected chi connectivity index (χ0v) is 12.6. The molecule has 1 saturated carbocycles. The third kappa shape index (κ3) is 5.91. The Kier molecular flexibility index (Phi) is 7.39. The normalized spacial score (nSPS) is 20.3. The number of carbonyl (C=O) groups is 1. The fourth-order valence-corrected chi connectivity index (χ4v) is 2.72. The first-order chi connectivity index (χ1) is 9.04. The highest BCUT2D eigenvalue weighted by Crippen LogP contribution is 2.17. The lowest BCUT2D eigenvalue weighted by Gasteiger charge is -2.28. The van der Waals surface area contributed by atoms with Crippen LogP contribution in [0.3, 0.4) is 0 Å². The number of rotatable bonds is 7. The summed E-state index contributed by atoms with van der Waals surface area (Å²) in [7, 11) is 0. The quantitative estimate of drug-likeness (QED) is 0.661. The molecule has 19 heavy (non-hydrogen) atoms. The van der Waals surface area contributed by atoms with Gasteiger partial charge in [-0.25, -0.2) is 0 Å². The van der Waals surface area contributed by atoms with Crippen LogP contribution in [-0.2, 0) is 4.79 Å². The summed E-state index contributed by atoms with van der Waals surface area (Å²) in [6, 6.07) is 0.360. The van der Waals surface area contributed by atoms with Gasteiger partial charge < -0.3 is 15.7 Å². The maximum atomic E-state index is 12.1. The van der Waals surface area contributed by atoms with Crippen LogP contribution in [0.4, 0.5) is 0 Å². The van der Waals surface area contributed by atoms with Crippen molar-refractivity contribution >= 4 is 5.91 Å². The van der Waals surface area contributed by atoms with E-state index in [1.165, 1.54) is 19.3 Å². The van der Waals surface area contributed by atoms with Crippen LogP contribution in [0.15, 0.2) is 0 Å². The van der Waals surface area contributed by atoms with Gasteiger partial charge in [-0.2, -0.15) is 0 Å². The van der Waals surface area contributed by atoms with Gasteiger partial charge in [-0.1, -0.05) is 33.1 Å². The molecule has 4 heteroatoms. The Bertz CT molecular complexity index is 263. The van der Waals surface area contributed by atoms with E-state index in [4.69, 9.17) is 5.11 Å². The molecule has 3 N–H and O–H groups in total. The van der Waals surface area contributed by atoms with Crippen LogP contribution in [-0.4, -0.2) is 35.7 Å². The summed E-state index contributed by atoms with van der Waals surface area (Å²) < 4.78 is 0. The minimum Gasteiger partial charge on any atom is -0.396 e. The molecule has 4 nitrogen and oxygen atoms in total. The van der Waals surface area contributed by atoms with Gasteiger partial charge in [-0.3, -0.25) is 4.79 Å². The van der Waals surface area contributed by atoms with Crippen molar-refractivity contribution in [2.75, 3.05) is 6.61 Å². The average molecular weight is 270 g/mol. The maximum absolute atomic E-state index is 12.1. The first-order valence-corrected chi connectivity index (χ1v) is 7.72. The van der Waals surface area contributed by atoms with Gasteiger partial charge in [0.15, 0.2) is 0 Å². The summed E-state index contributed by atoms with van der Waals surface area (Å²) in [5.74, 6) is 0.507. The summed E-state index contributed by atoms with van der Waals surface area (Å²) in [6.45, 7) is 6.29. The number of amides is 1. The summed E-state index contributed by atoms with van der Waals surface area (Å²) in [4.78, 5) is 12.1. The molecule has 2 unspecified atom stereocenters. The van der Waals surface area contributed by atoms with Crippen molar-refractivity contribution in [3.63, 3.8) is 0 Å². The van der Waals surface area contributed by atoms with Crippen molar-refractivity contribution in [2.24, 2.45) is 5.92 Å². The van der Waals surface area contributed by atoms with E-state index in [2.05, 4.69) is 24.5 Å². The molecular weight excluding hydrogens is 240 g/mol. The Hall–Kier alpha value is -0.610. The van der Waals surface area contributed by atoms with E-state index in [0.29, 0.717) is 18.4 Å². The maximum Gasteiger partial charge on any atom is 0.237 e. The van der Waals surface area contributed by atoms with Crippen molar-refractivity contribution in [3.8, 4) is 0 Å². The number of hydrogen-bond acceptors (Lipinski definition) is 3. The number of hydrogen-bond donors (Lipinski definition) is 3. The van der Waals surface area contributed by atoms with Crippen LogP contribution in [0.5, 0.6) is 0 Å². The average Bonchev–Trinajstić information content (AvgIpc) is 2.39. The number of carbonyl (C=O) groups excluding carboxylic acids is 1. The lowest BCUT2D eigenvalue weighted by atomic mass is 9.95. The van der Waals surface area contributed by atoms with Crippen LogP contribution in [0.25, 0.3) is 0 Å². The molecule has 0 bridgehead atoms. The summed E-state index contributed by atoms with van der Waals surface area (Å²) >= 11 is 0. The molecule has 0 saturated heterocycles. The number of nitrogens with one attached hydrogen (secondary N) is 2. The fraction of sp³-hybridized carbons (Fsp3) is 0.933. The van der Waals surface area contributed by atoms with E-state index in [9.17, 15) is 4.79 Å². The van der Waals surface area contributed by atoms with Crippen molar-refractivity contribution in [1.29, 1.82) is 0 Å². The van der Waals surface area contributed by atoms with Crippen molar-refractivity contribution < 1.29 is 9.90 Å². The Morgan fingerprint density at radius 2 is 1.84 bits per heavy atom. The van der Waals surface area contributed by atoms with Crippen molar-refractivity contribution in [1.82, 2.24) is 10.6 Å². The van der Waals surface area contributed by atoms with Gasteiger partial charge in [0.25, 0.3) is 0 Å². The highest BCUT2D eigenvalue weighted by atomic mass is 16.3. The van der Waals surface area contributed by atoms with Gasteiger partial charge in [0.05, 0.1) is 6.04 Å². The van der Waals surface area contributed by atoms with E-state index >= 15 is 0 Å². The second-order valence-corrected chi connectivity index (χ2v) is 6.09. The summed E-state index contributed by atoms with van der Waals surface area (Å²) in [6.07, 6.45) is 6.67. The third-order valence-corrected chi connectivity index (χ3v) is 4.05. The van der Waals surface area contributed by atoms with Gasteiger partial charge in [-0.15, -0.1) is 0 Å². The van der Waals surface area contributed by atoms with Crippen LogP contribution in [0.2, 0.25) is 0 Å². The van der Waals surface area contributed by atoms with Gasteiger partial charge in [-0.05, 0) is 32.1 Å². The standard InChI is InChI=1S/C15H30N2O2/c1-11(2)14(9-10-18)16-12(3)15(19)17-13-7-5-4-6-8-13/h11-14,16,18H,4-10H2,1-3H3,(H,17,19). The van der Waals surface area contributed by atoms with Crippen LogP contribution in [0, 0.1) is 5.92 Å². The number of aliphatic hydroxyl groups excluding tert-OH is 1. The second-order valence-electron chi connectivity index (χ2n) is 6.09. The lowest BCUT2D eigenvalue weighted by Crippen LogP contribution is -2.51. The first kappa shape index (κ1) is 16.4. The predicted molar refractivity (Wildman–Crippen MR) is 77.9 cm³/mol. The molecule has 1 aliphatic rings. The molecule has 0 aliphatic heterocycles. The van der Waals surface area contributed by atoms with Crippen LogP contribution >= 0.6 is 0 Å². The molecule has 112 valence electrons. The molecule has 2 atom stereocenters.